The van der Waals surface area contributed by atoms with Gasteiger partial charge >= 0.3 is 5.96 Å². The minimum absolute atomic E-state index is 0.00588. The van der Waals surface area contributed by atoms with E-state index in [0.29, 0.717) is 18.0 Å². The van der Waals surface area contributed by atoms with Crippen molar-refractivity contribution in [1.82, 2.24) is 4.57 Å². The number of aryl methyl sites for hydroxylation is 1. The summed E-state index contributed by atoms with van der Waals surface area (Å²) in [5, 5.41) is 23.4. The molecule has 7 heteroatoms. The predicted molar refractivity (Wildman–Crippen MR) is 71.4 cm³/mol. The molecule has 0 atom stereocenters. The van der Waals surface area contributed by atoms with Crippen molar-refractivity contribution in [2.45, 2.75) is 6.92 Å². The number of azo groups is 1. The van der Waals surface area contributed by atoms with E-state index in [4.69, 9.17) is 15.9 Å². The van der Waals surface area contributed by atoms with Crippen LogP contribution in [0.3, 0.4) is 0 Å². The lowest BCUT2D eigenvalue weighted by Gasteiger charge is -2.02. The highest BCUT2D eigenvalue weighted by Gasteiger charge is 2.16. The second kappa shape index (κ2) is 4.97. The molecule has 0 aliphatic rings. The Morgan fingerprint density at radius 2 is 2.26 bits per heavy atom. The molecule has 100 valence electrons. The fourth-order valence-electron chi connectivity index (χ4n) is 1.85. The molecular weight excluding hydrogens is 246 g/mol. The summed E-state index contributed by atoms with van der Waals surface area (Å²) in [6.45, 7) is 2.46. The minimum atomic E-state index is -0.169. The van der Waals surface area contributed by atoms with Crippen LogP contribution in [0.5, 0.6) is 11.6 Å². The summed E-state index contributed by atoms with van der Waals surface area (Å²) in [6.07, 6.45) is 0. The summed E-state index contributed by atoms with van der Waals surface area (Å²) in [6, 6.07) is 5.46. The zero-order valence-electron chi connectivity index (χ0n) is 10.8. The first-order valence-corrected chi connectivity index (χ1v) is 5.78. The SMILES string of the molecule is CCOc1ccc2c(c1)c(N=NC(N)=[NH2+])c(O)n2C. The Hall–Kier alpha value is -2.57. The van der Waals surface area contributed by atoms with Gasteiger partial charge in [0.2, 0.25) is 5.88 Å². The molecule has 0 spiro atoms. The lowest BCUT2D eigenvalue weighted by Crippen LogP contribution is -2.43. The van der Waals surface area contributed by atoms with Crippen molar-refractivity contribution in [2.75, 3.05) is 6.61 Å². The van der Waals surface area contributed by atoms with Gasteiger partial charge in [0.25, 0.3) is 0 Å². The number of nitrogens with two attached hydrogens (primary N) is 2. The topological polar surface area (TPSA) is 111 Å². The third kappa shape index (κ3) is 2.35. The Labute approximate surface area is 109 Å². The lowest BCUT2D eigenvalue weighted by molar-refractivity contribution is -0.117. The molecule has 2 rings (SSSR count). The van der Waals surface area contributed by atoms with Crippen LogP contribution in [-0.2, 0) is 7.05 Å². The van der Waals surface area contributed by atoms with Crippen molar-refractivity contribution in [1.29, 1.82) is 0 Å². The molecule has 1 heterocycles. The van der Waals surface area contributed by atoms with Gasteiger partial charge in [-0.2, -0.15) is 0 Å². The van der Waals surface area contributed by atoms with Crippen molar-refractivity contribution in [2.24, 2.45) is 23.0 Å². The van der Waals surface area contributed by atoms with Crippen LogP contribution in [0.25, 0.3) is 10.9 Å². The maximum atomic E-state index is 10.0. The molecule has 0 saturated carbocycles. The van der Waals surface area contributed by atoms with E-state index in [2.05, 4.69) is 10.2 Å². The highest BCUT2D eigenvalue weighted by molar-refractivity contribution is 5.96. The average molecular weight is 262 g/mol. The van der Waals surface area contributed by atoms with Gasteiger partial charge in [0, 0.05) is 17.5 Å². The minimum Gasteiger partial charge on any atom is -0.494 e. The number of aromatic hydroxyl groups is 1. The van der Waals surface area contributed by atoms with E-state index in [1.807, 2.05) is 19.1 Å². The third-order valence-electron chi connectivity index (χ3n) is 2.69. The zero-order chi connectivity index (χ0) is 14.0. The van der Waals surface area contributed by atoms with Crippen LogP contribution in [0.1, 0.15) is 6.92 Å². The molecule has 0 amide bonds. The van der Waals surface area contributed by atoms with Gasteiger partial charge in [-0.25, -0.2) is 0 Å². The first kappa shape index (κ1) is 12.9. The molecule has 0 radical (unpaired) electrons. The standard InChI is InChI=1S/C12H15N5O2/c1-3-19-7-4-5-9-8(6-7)10(11(18)17(9)2)15-16-12(13)14/h4-6,18H,3H2,1-2H3,(H3,13,14)/p+1. The fourth-order valence-corrected chi connectivity index (χ4v) is 1.85. The average Bonchev–Trinajstić information content (AvgIpc) is 2.60. The molecule has 7 nitrogen and oxygen atoms in total. The smallest absolute Gasteiger partial charge is 0.403 e. The van der Waals surface area contributed by atoms with Crippen molar-refractivity contribution < 1.29 is 15.3 Å². The molecule has 5 N–H and O–H groups in total. The van der Waals surface area contributed by atoms with Crippen LogP contribution < -0.4 is 15.9 Å². The molecule has 0 aliphatic heterocycles. The summed E-state index contributed by atoms with van der Waals surface area (Å²) in [5.74, 6) is 0.521. The Morgan fingerprint density at radius 3 is 2.89 bits per heavy atom. The zero-order valence-corrected chi connectivity index (χ0v) is 10.8. The van der Waals surface area contributed by atoms with Crippen LogP contribution in [0.15, 0.2) is 28.4 Å². The molecule has 19 heavy (non-hydrogen) atoms. The van der Waals surface area contributed by atoms with Gasteiger partial charge in [-0.05, 0) is 25.1 Å². The second-order valence-electron chi connectivity index (χ2n) is 3.97. The maximum absolute atomic E-state index is 10.0. The molecule has 2 aromatic rings. The number of hydrogen-bond donors (Lipinski definition) is 3. The fraction of sp³-hybridized carbons (Fsp3) is 0.250. The van der Waals surface area contributed by atoms with Crippen LogP contribution in [-0.4, -0.2) is 22.2 Å². The number of rotatable bonds is 3. The quantitative estimate of drug-likeness (QED) is 0.424. The van der Waals surface area contributed by atoms with Crippen molar-refractivity contribution in [3.63, 3.8) is 0 Å². The highest BCUT2D eigenvalue weighted by Crippen LogP contribution is 2.39. The summed E-state index contributed by atoms with van der Waals surface area (Å²) in [4.78, 5) is 0. The summed E-state index contributed by atoms with van der Waals surface area (Å²) >= 11 is 0. The van der Waals surface area contributed by atoms with Gasteiger partial charge in [0.1, 0.15) is 5.75 Å². The summed E-state index contributed by atoms with van der Waals surface area (Å²) < 4.78 is 7.03. The number of fused-ring (bicyclic) bond motifs is 1. The Kier molecular flexibility index (Phi) is 3.37. The van der Waals surface area contributed by atoms with Crippen LogP contribution in [0.2, 0.25) is 0 Å². The van der Waals surface area contributed by atoms with Gasteiger partial charge in [0.05, 0.1) is 12.1 Å². The molecule has 1 aromatic carbocycles. The van der Waals surface area contributed by atoms with Gasteiger partial charge in [-0.1, -0.05) is 5.11 Å². The molecule has 0 bridgehead atoms. The number of ether oxygens (including phenoxy) is 1. The number of guanidine groups is 1. The Bertz CT molecular complexity index is 660. The third-order valence-corrected chi connectivity index (χ3v) is 2.69. The van der Waals surface area contributed by atoms with E-state index < -0.39 is 0 Å². The molecular formula is C12H16N5O2+. The predicted octanol–water partition coefficient (Wildman–Crippen LogP) is 0.440. The summed E-state index contributed by atoms with van der Waals surface area (Å²) in [7, 11) is 1.73. The molecule has 0 unspecified atom stereocenters. The number of benzene rings is 1. The van der Waals surface area contributed by atoms with E-state index in [0.717, 1.165) is 10.9 Å². The van der Waals surface area contributed by atoms with Crippen molar-refractivity contribution in [3.8, 4) is 11.6 Å². The lowest BCUT2D eigenvalue weighted by atomic mass is 10.2. The normalized spacial score (nSPS) is 11.3. The molecule has 1 aromatic heterocycles. The van der Waals surface area contributed by atoms with Gasteiger partial charge in [-0.3, -0.25) is 11.1 Å². The Balaban J connectivity index is 2.63. The first-order valence-electron chi connectivity index (χ1n) is 5.78. The second-order valence-corrected chi connectivity index (χ2v) is 3.97. The highest BCUT2D eigenvalue weighted by atomic mass is 16.5. The maximum Gasteiger partial charge on any atom is 0.403 e. The van der Waals surface area contributed by atoms with E-state index in [-0.39, 0.29) is 11.8 Å². The Morgan fingerprint density at radius 1 is 1.53 bits per heavy atom. The van der Waals surface area contributed by atoms with Crippen LogP contribution in [0.4, 0.5) is 5.69 Å². The molecule has 0 fully saturated rings. The van der Waals surface area contributed by atoms with Crippen molar-refractivity contribution in [3.05, 3.63) is 18.2 Å². The summed E-state index contributed by atoms with van der Waals surface area (Å²) in [5.41, 5.74) is 6.36. The van der Waals surface area contributed by atoms with Crippen LogP contribution >= 0.6 is 0 Å². The van der Waals surface area contributed by atoms with E-state index in [1.165, 1.54) is 0 Å². The van der Waals surface area contributed by atoms with Crippen molar-refractivity contribution >= 4 is 22.5 Å². The number of hydrogen-bond acceptors (Lipinski definition) is 3. The largest absolute Gasteiger partial charge is 0.494 e. The first-order chi connectivity index (χ1) is 9.04. The molecule has 0 aliphatic carbocycles. The van der Waals surface area contributed by atoms with Crippen LogP contribution in [0, 0.1) is 0 Å². The van der Waals surface area contributed by atoms with Gasteiger partial charge in [-0.15, -0.1) is 0 Å². The van der Waals surface area contributed by atoms with E-state index in [9.17, 15) is 5.11 Å². The number of aromatic nitrogens is 1. The van der Waals surface area contributed by atoms with E-state index in [1.54, 1.807) is 17.7 Å². The van der Waals surface area contributed by atoms with E-state index >= 15 is 0 Å². The van der Waals surface area contributed by atoms with Gasteiger partial charge in [0.15, 0.2) is 5.69 Å². The van der Waals surface area contributed by atoms with Gasteiger partial charge < -0.3 is 14.4 Å². The number of nitrogens with zero attached hydrogens (tertiary/aromatic N) is 3. The molecule has 0 saturated heterocycles. The monoisotopic (exact) mass is 262 g/mol.